The van der Waals surface area contributed by atoms with Gasteiger partial charge in [-0.05, 0) is 54.7 Å². The Hall–Kier alpha value is -2.26. The second-order valence-electron chi connectivity index (χ2n) is 5.16. The molecule has 0 saturated carbocycles. The van der Waals surface area contributed by atoms with Crippen LogP contribution in [0.2, 0.25) is 15.1 Å². The average molecular weight is 463 g/mol. The number of thiocarbonyl (C=S) groups is 1. The molecule has 0 heterocycles. The van der Waals surface area contributed by atoms with E-state index in [-0.39, 0.29) is 23.3 Å². The topological polar surface area (TPSA) is 88.7 Å². The Morgan fingerprint density at radius 1 is 0.857 bits per heavy atom. The molecular formula is C17H14Cl3N3O4S. The lowest BCUT2D eigenvalue weighted by molar-refractivity contribution is -0.124. The lowest BCUT2D eigenvalue weighted by atomic mass is 10.3. The van der Waals surface area contributed by atoms with Crippen LogP contribution in [-0.2, 0) is 9.59 Å². The van der Waals surface area contributed by atoms with Gasteiger partial charge in [0.2, 0.25) is 0 Å². The summed E-state index contributed by atoms with van der Waals surface area (Å²) in [6.07, 6.45) is 0. The van der Waals surface area contributed by atoms with E-state index in [0.29, 0.717) is 21.5 Å². The Balaban J connectivity index is 1.66. The van der Waals surface area contributed by atoms with Crippen LogP contribution in [0.25, 0.3) is 0 Å². The van der Waals surface area contributed by atoms with Gasteiger partial charge in [-0.15, -0.1) is 0 Å². The predicted octanol–water partition coefficient (Wildman–Crippen LogP) is 3.13. The van der Waals surface area contributed by atoms with E-state index in [1.807, 2.05) is 0 Å². The van der Waals surface area contributed by atoms with E-state index < -0.39 is 11.8 Å². The zero-order valence-electron chi connectivity index (χ0n) is 14.1. The van der Waals surface area contributed by atoms with Crippen molar-refractivity contribution in [2.75, 3.05) is 13.2 Å². The van der Waals surface area contributed by atoms with Crippen molar-refractivity contribution in [2.24, 2.45) is 0 Å². The van der Waals surface area contributed by atoms with Crippen molar-refractivity contribution in [2.45, 2.75) is 0 Å². The lowest BCUT2D eigenvalue weighted by Crippen LogP contribution is -2.50. The number of carbonyl (C=O) groups excluding carboxylic acids is 2. The monoisotopic (exact) mass is 461 g/mol. The Morgan fingerprint density at radius 3 is 2.18 bits per heavy atom. The van der Waals surface area contributed by atoms with E-state index in [9.17, 15) is 9.59 Å². The normalized spacial score (nSPS) is 9.96. The molecule has 0 aliphatic heterocycles. The molecule has 0 bridgehead atoms. The maximum absolute atomic E-state index is 11.8. The molecule has 2 amide bonds. The zero-order valence-corrected chi connectivity index (χ0v) is 17.2. The highest BCUT2D eigenvalue weighted by molar-refractivity contribution is 7.80. The quantitative estimate of drug-likeness (QED) is 0.451. The molecule has 2 rings (SSSR count). The highest BCUT2D eigenvalue weighted by Gasteiger charge is 2.09. The third kappa shape index (κ3) is 7.77. The molecule has 0 aliphatic carbocycles. The van der Waals surface area contributed by atoms with Gasteiger partial charge in [0.1, 0.15) is 11.5 Å². The lowest BCUT2D eigenvalue weighted by Gasteiger charge is -2.12. The molecule has 0 saturated heterocycles. The Kier molecular flexibility index (Phi) is 8.59. The molecular weight excluding hydrogens is 449 g/mol. The SMILES string of the molecule is O=C(COc1ccc(Cl)cc1)NNC(=S)NC(=O)COc1ccc(Cl)cc1Cl. The second kappa shape index (κ2) is 10.9. The van der Waals surface area contributed by atoms with Crippen LogP contribution in [0.1, 0.15) is 0 Å². The highest BCUT2D eigenvalue weighted by Crippen LogP contribution is 2.27. The number of amides is 2. The molecule has 0 spiro atoms. The number of hydrogen-bond donors (Lipinski definition) is 3. The van der Waals surface area contributed by atoms with E-state index in [4.69, 9.17) is 56.5 Å². The van der Waals surface area contributed by atoms with E-state index in [1.54, 1.807) is 30.3 Å². The van der Waals surface area contributed by atoms with Crippen molar-refractivity contribution in [3.05, 3.63) is 57.5 Å². The molecule has 3 N–H and O–H groups in total. The summed E-state index contributed by atoms with van der Waals surface area (Å²) in [7, 11) is 0. The minimum atomic E-state index is -0.546. The first-order valence-electron chi connectivity index (χ1n) is 7.68. The zero-order chi connectivity index (χ0) is 20.5. The maximum Gasteiger partial charge on any atom is 0.276 e. The van der Waals surface area contributed by atoms with Crippen molar-refractivity contribution < 1.29 is 19.1 Å². The van der Waals surface area contributed by atoms with Crippen LogP contribution >= 0.6 is 47.0 Å². The van der Waals surface area contributed by atoms with Gasteiger partial charge in [-0.3, -0.25) is 25.8 Å². The number of halogens is 3. The third-order valence-electron chi connectivity index (χ3n) is 3.00. The van der Waals surface area contributed by atoms with Gasteiger partial charge >= 0.3 is 0 Å². The molecule has 148 valence electrons. The summed E-state index contributed by atoms with van der Waals surface area (Å²) in [6.45, 7) is -0.597. The molecule has 0 aliphatic rings. The van der Waals surface area contributed by atoms with Crippen LogP contribution < -0.4 is 25.6 Å². The van der Waals surface area contributed by atoms with Crippen LogP contribution in [0.4, 0.5) is 0 Å². The van der Waals surface area contributed by atoms with Crippen molar-refractivity contribution >= 4 is 63.9 Å². The van der Waals surface area contributed by atoms with Gasteiger partial charge in [-0.1, -0.05) is 34.8 Å². The first kappa shape index (κ1) is 22.0. The van der Waals surface area contributed by atoms with Crippen molar-refractivity contribution in [1.29, 1.82) is 0 Å². The average Bonchev–Trinajstić information content (AvgIpc) is 2.65. The third-order valence-corrected chi connectivity index (χ3v) is 3.99. The highest BCUT2D eigenvalue weighted by atomic mass is 35.5. The molecule has 0 unspecified atom stereocenters. The molecule has 7 nitrogen and oxygen atoms in total. The van der Waals surface area contributed by atoms with Crippen LogP contribution in [-0.4, -0.2) is 30.1 Å². The second-order valence-corrected chi connectivity index (χ2v) is 6.84. The summed E-state index contributed by atoms with van der Waals surface area (Å²) >= 11 is 22.4. The first-order valence-corrected chi connectivity index (χ1v) is 9.22. The summed E-state index contributed by atoms with van der Waals surface area (Å²) in [4.78, 5) is 23.5. The van der Waals surface area contributed by atoms with Gasteiger partial charge in [-0.25, -0.2) is 0 Å². The fourth-order valence-electron chi connectivity index (χ4n) is 1.77. The molecule has 28 heavy (non-hydrogen) atoms. The van der Waals surface area contributed by atoms with Gasteiger partial charge in [0, 0.05) is 10.0 Å². The van der Waals surface area contributed by atoms with Crippen molar-refractivity contribution in [1.82, 2.24) is 16.2 Å². The van der Waals surface area contributed by atoms with E-state index in [1.165, 1.54) is 12.1 Å². The number of hydrogen-bond acceptors (Lipinski definition) is 5. The summed E-state index contributed by atoms with van der Waals surface area (Å²) in [5.74, 6) is -0.271. The molecule has 0 atom stereocenters. The summed E-state index contributed by atoms with van der Waals surface area (Å²) < 4.78 is 10.5. The Bertz CT molecular complexity index is 865. The predicted molar refractivity (Wildman–Crippen MR) is 111 cm³/mol. The standard InChI is InChI=1S/C17H14Cl3N3O4S/c18-10-1-4-12(5-2-10)26-9-16(25)22-23-17(28)21-15(24)8-27-14-6-3-11(19)7-13(14)20/h1-7H,8-9H2,(H,22,25)(H2,21,23,24,28). The Labute approximate surface area is 181 Å². The smallest absolute Gasteiger partial charge is 0.276 e. The Morgan fingerprint density at radius 2 is 1.50 bits per heavy atom. The molecule has 0 aromatic heterocycles. The fraction of sp³-hybridized carbons (Fsp3) is 0.118. The van der Waals surface area contributed by atoms with Crippen LogP contribution in [0.15, 0.2) is 42.5 Å². The molecule has 11 heteroatoms. The van der Waals surface area contributed by atoms with Gasteiger partial charge < -0.3 is 9.47 Å². The van der Waals surface area contributed by atoms with Crippen LogP contribution in [0.5, 0.6) is 11.5 Å². The van der Waals surface area contributed by atoms with E-state index >= 15 is 0 Å². The molecule has 0 fully saturated rings. The minimum absolute atomic E-state index is 0.115. The first-order chi connectivity index (χ1) is 13.3. The van der Waals surface area contributed by atoms with Gasteiger partial charge in [-0.2, -0.15) is 0 Å². The van der Waals surface area contributed by atoms with Gasteiger partial charge in [0.25, 0.3) is 11.8 Å². The van der Waals surface area contributed by atoms with E-state index in [2.05, 4.69) is 16.2 Å². The van der Waals surface area contributed by atoms with E-state index in [0.717, 1.165) is 0 Å². The molecule has 2 aromatic rings. The van der Waals surface area contributed by atoms with Crippen molar-refractivity contribution in [3.63, 3.8) is 0 Å². The van der Waals surface area contributed by atoms with Gasteiger partial charge in [0.15, 0.2) is 18.3 Å². The number of hydrazine groups is 1. The number of nitrogens with one attached hydrogen (secondary N) is 3. The number of ether oxygens (including phenoxy) is 2. The largest absolute Gasteiger partial charge is 0.484 e. The maximum atomic E-state index is 11.8. The van der Waals surface area contributed by atoms with Crippen molar-refractivity contribution in [3.8, 4) is 11.5 Å². The molecule has 2 aromatic carbocycles. The number of carbonyl (C=O) groups is 2. The summed E-state index contributed by atoms with van der Waals surface area (Å²) in [6, 6.07) is 11.1. The van der Waals surface area contributed by atoms with Crippen LogP contribution in [0.3, 0.4) is 0 Å². The summed E-state index contributed by atoms with van der Waals surface area (Å²) in [5, 5.41) is 3.49. The van der Waals surface area contributed by atoms with Gasteiger partial charge in [0.05, 0.1) is 5.02 Å². The minimum Gasteiger partial charge on any atom is -0.484 e. The number of rotatable bonds is 6. The molecule has 0 radical (unpaired) electrons. The summed E-state index contributed by atoms with van der Waals surface area (Å²) in [5.41, 5.74) is 4.66. The van der Waals surface area contributed by atoms with Crippen LogP contribution in [0, 0.1) is 0 Å². The fourth-order valence-corrected chi connectivity index (χ4v) is 2.53. The number of benzene rings is 2.